The normalized spacial score (nSPS) is 10.6. The SMILES string of the molecule is O=C(CSc1nccc(-c2cccc(OC(F)F)c2)n1)Nc1ccc([N+](=O)[O-])cc1. The number of hydrogen-bond donors (Lipinski definition) is 1. The van der Waals surface area contributed by atoms with Gasteiger partial charge in [0.2, 0.25) is 5.91 Å². The monoisotopic (exact) mass is 432 g/mol. The van der Waals surface area contributed by atoms with Gasteiger partial charge in [-0.2, -0.15) is 8.78 Å². The second kappa shape index (κ2) is 9.74. The van der Waals surface area contributed by atoms with Crippen molar-refractivity contribution in [1.29, 1.82) is 0 Å². The molecule has 11 heteroatoms. The van der Waals surface area contributed by atoms with Crippen molar-refractivity contribution < 1.29 is 23.2 Å². The predicted molar refractivity (Wildman–Crippen MR) is 107 cm³/mol. The maximum absolute atomic E-state index is 12.4. The van der Waals surface area contributed by atoms with Gasteiger partial charge in [-0.3, -0.25) is 14.9 Å². The van der Waals surface area contributed by atoms with E-state index in [0.717, 1.165) is 11.8 Å². The molecule has 3 rings (SSSR count). The highest BCUT2D eigenvalue weighted by Gasteiger charge is 2.10. The molecule has 2 aromatic carbocycles. The van der Waals surface area contributed by atoms with Crippen molar-refractivity contribution in [3.63, 3.8) is 0 Å². The Labute approximate surface area is 173 Å². The Balaban J connectivity index is 1.61. The summed E-state index contributed by atoms with van der Waals surface area (Å²) in [5.74, 6) is -0.317. The van der Waals surface area contributed by atoms with Crippen LogP contribution < -0.4 is 10.1 Å². The van der Waals surface area contributed by atoms with Gasteiger partial charge in [0, 0.05) is 29.6 Å². The van der Waals surface area contributed by atoms with E-state index in [-0.39, 0.29) is 23.1 Å². The van der Waals surface area contributed by atoms with Crippen molar-refractivity contribution in [2.45, 2.75) is 11.8 Å². The third-order valence-corrected chi connectivity index (χ3v) is 4.54. The van der Waals surface area contributed by atoms with Crippen LogP contribution in [0, 0.1) is 10.1 Å². The van der Waals surface area contributed by atoms with Crippen molar-refractivity contribution in [2.75, 3.05) is 11.1 Å². The summed E-state index contributed by atoms with van der Waals surface area (Å²) in [5, 5.41) is 13.6. The summed E-state index contributed by atoms with van der Waals surface area (Å²) in [5.41, 5.74) is 1.41. The number of rotatable bonds is 8. The zero-order chi connectivity index (χ0) is 21.5. The lowest BCUT2D eigenvalue weighted by atomic mass is 10.1. The van der Waals surface area contributed by atoms with E-state index >= 15 is 0 Å². The first-order chi connectivity index (χ1) is 14.4. The third-order valence-electron chi connectivity index (χ3n) is 3.68. The number of nitrogens with one attached hydrogen (secondary N) is 1. The van der Waals surface area contributed by atoms with Gasteiger partial charge in [0.15, 0.2) is 5.16 Å². The van der Waals surface area contributed by atoms with E-state index in [1.807, 2.05) is 0 Å². The summed E-state index contributed by atoms with van der Waals surface area (Å²) in [6.45, 7) is -2.92. The van der Waals surface area contributed by atoms with Crippen LogP contribution in [0.1, 0.15) is 0 Å². The Morgan fingerprint density at radius 3 is 2.67 bits per heavy atom. The quantitative estimate of drug-likeness (QED) is 0.244. The first-order valence-electron chi connectivity index (χ1n) is 8.46. The highest BCUT2D eigenvalue weighted by molar-refractivity contribution is 7.99. The molecule has 0 aliphatic heterocycles. The lowest BCUT2D eigenvalue weighted by molar-refractivity contribution is -0.384. The second-order valence-corrected chi connectivity index (χ2v) is 6.71. The van der Waals surface area contributed by atoms with Crippen LogP contribution in [0.15, 0.2) is 66.0 Å². The van der Waals surface area contributed by atoms with Crippen LogP contribution in [-0.4, -0.2) is 33.2 Å². The Kier molecular flexibility index (Phi) is 6.86. The van der Waals surface area contributed by atoms with Crippen molar-refractivity contribution in [3.05, 3.63) is 70.9 Å². The minimum atomic E-state index is -2.92. The molecule has 0 aliphatic rings. The molecule has 0 bridgehead atoms. The molecule has 0 saturated carbocycles. The number of hydrogen-bond acceptors (Lipinski definition) is 7. The van der Waals surface area contributed by atoms with Gasteiger partial charge in [0.1, 0.15) is 5.75 Å². The fraction of sp³-hybridized carbons (Fsp3) is 0.105. The van der Waals surface area contributed by atoms with E-state index in [1.165, 1.54) is 42.6 Å². The van der Waals surface area contributed by atoms with Crippen LogP contribution in [0.3, 0.4) is 0 Å². The minimum Gasteiger partial charge on any atom is -0.435 e. The van der Waals surface area contributed by atoms with Gasteiger partial charge in [-0.15, -0.1) is 0 Å². The van der Waals surface area contributed by atoms with Crippen molar-refractivity contribution >= 4 is 29.0 Å². The Hall–Kier alpha value is -3.60. The summed E-state index contributed by atoms with van der Waals surface area (Å²) in [6, 6.07) is 13.2. The molecule has 30 heavy (non-hydrogen) atoms. The topological polar surface area (TPSA) is 107 Å². The number of ether oxygens (including phenoxy) is 1. The van der Waals surface area contributed by atoms with E-state index in [9.17, 15) is 23.7 Å². The standard InChI is InChI=1S/C19H14F2N4O4S/c20-18(21)29-15-3-1-2-12(10-15)16-8-9-22-19(24-16)30-11-17(26)23-13-4-6-14(7-5-13)25(27)28/h1-10,18H,11H2,(H,23,26). The molecule has 1 aromatic heterocycles. The van der Waals surface area contributed by atoms with Gasteiger partial charge in [0.25, 0.3) is 5.69 Å². The number of benzene rings is 2. The van der Waals surface area contributed by atoms with Crippen LogP contribution in [0.25, 0.3) is 11.3 Å². The summed E-state index contributed by atoms with van der Waals surface area (Å²) < 4.78 is 29.2. The molecule has 0 saturated heterocycles. The number of carbonyl (C=O) groups is 1. The van der Waals surface area contributed by atoms with Crippen molar-refractivity contribution in [3.8, 4) is 17.0 Å². The number of amides is 1. The number of nitro benzene ring substituents is 1. The molecule has 0 fully saturated rings. The van der Waals surface area contributed by atoms with E-state index in [4.69, 9.17) is 0 Å². The number of alkyl halides is 2. The second-order valence-electron chi connectivity index (χ2n) is 5.77. The van der Waals surface area contributed by atoms with Crippen LogP contribution in [0.5, 0.6) is 5.75 Å². The maximum atomic E-state index is 12.4. The first-order valence-corrected chi connectivity index (χ1v) is 9.44. The van der Waals surface area contributed by atoms with E-state index in [2.05, 4.69) is 20.0 Å². The summed E-state index contributed by atoms with van der Waals surface area (Å²) >= 11 is 1.09. The molecule has 0 atom stereocenters. The van der Waals surface area contributed by atoms with Crippen LogP contribution in [0.4, 0.5) is 20.2 Å². The Morgan fingerprint density at radius 1 is 1.20 bits per heavy atom. The van der Waals surface area contributed by atoms with Gasteiger partial charge in [-0.05, 0) is 30.3 Å². The molecular weight excluding hydrogens is 418 g/mol. The fourth-order valence-corrected chi connectivity index (χ4v) is 3.03. The average Bonchev–Trinajstić information content (AvgIpc) is 2.72. The Bertz CT molecular complexity index is 1050. The molecule has 8 nitrogen and oxygen atoms in total. The highest BCUT2D eigenvalue weighted by Crippen LogP contribution is 2.25. The molecule has 1 amide bonds. The first kappa shape index (κ1) is 21.1. The van der Waals surface area contributed by atoms with Gasteiger partial charge >= 0.3 is 6.61 Å². The smallest absolute Gasteiger partial charge is 0.387 e. The zero-order valence-electron chi connectivity index (χ0n) is 15.2. The molecule has 3 aromatic rings. The van der Waals surface area contributed by atoms with E-state index < -0.39 is 11.5 Å². The number of thioether (sulfide) groups is 1. The number of nitro groups is 1. The molecule has 0 radical (unpaired) electrons. The van der Waals surface area contributed by atoms with Crippen LogP contribution >= 0.6 is 11.8 Å². The van der Waals surface area contributed by atoms with Crippen LogP contribution in [-0.2, 0) is 4.79 Å². The van der Waals surface area contributed by atoms with Crippen molar-refractivity contribution in [1.82, 2.24) is 9.97 Å². The largest absolute Gasteiger partial charge is 0.435 e. The summed E-state index contributed by atoms with van der Waals surface area (Å²) in [7, 11) is 0. The molecule has 1 N–H and O–H groups in total. The number of halogens is 2. The molecule has 0 unspecified atom stereocenters. The van der Waals surface area contributed by atoms with Gasteiger partial charge in [0.05, 0.1) is 16.4 Å². The fourth-order valence-electron chi connectivity index (χ4n) is 2.40. The van der Waals surface area contributed by atoms with Gasteiger partial charge in [-0.1, -0.05) is 23.9 Å². The number of aromatic nitrogens is 2. The minimum absolute atomic E-state index is 0.00890. The predicted octanol–water partition coefficient (Wildman–Crippen LogP) is 4.38. The van der Waals surface area contributed by atoms with Crippen molar-refractivity contribution in [2.24, 2.45) is 0 Å². The van der Waals surface area contributed by atoms with Gasteiger partial charge in [-0.25, -0.2) is 9.97 Å². The molecule has 1 heterocycles. The highest BCUT2D eigenvalue weighted by atomic mass is 32.2. The summed E-state index contributed by atoms with van der Waals surface area (Å²) in [6.07, 6.45) is 1.50. The molecule has 154 valence electrons. The molecule has 0 aliphatic carbocycles. The van der Waals surface area contributed by atoms with E-state index in [1.54, 1.807) is 18.2 Å². The maximum Gasteiger partial charge on any atom is 0.387 e. The molecule has 0 spiro atoms. The number of non-ortho nitro benzene ring substituents is 1. The number of nitrogens with zero attached hydrogens (tertiary/aromatic N) is 3. The van der Waals surface area contributed by atoms with Gasteiger partial charge < -0.3 is 10.1 Å². The van der Waals surface area contributed by atoms with E-state index in [0.29, 0.717) is 22.1 Å². The lowest BCUT2D eigenvalue weighted by Gasteiger charge is -2.08. The van der Waals surface area contributed by atoms with Crippen LogP contribution in [0.2, 0.25) is 0 Å². The molecular formula is C19H14F2N4O4S. The Morgan fingerprint density at radius 2 is 1.97 bits per heavy atom. The third kappa shape index (κ3) is 5.95. The number of carbonyl (C=O) groups excluding carboxylic acids is 1. The zero-order valence-corrected chi connectivity index (χ0v) is 16.0. The lowest BCUT2D eigenvalue weighted by Crippen LogP contribution is -2.14. The number of anilines is 1. The average molecular weight is 432 g/mol. The summed E-state index contributed by atoms with van der Waals surface area (Å²) in [4.78, 5) is 30.6.